The Morgan fingerprint density at radius 1 is 1.20 bits per heavy atom. The molecule has 1 aromatic carbocycles. The Labute approximate surface area is 127 Å². The van der Waals surface area contributed by atoms with Crippen molar-refractivity contribution in [1.29, 1.82) is 0 Å². The van der Waals surface area contributed by atoms with Crippen LogP contribution in [0.4, 0.5) is 0 Å². The van der Waals surface area contributed by atoms with Gasteiger partial charge in [-0.15, -0.1) is 11.8 Å². The third-order valence-corrected chi connectivity index (χ3v) is 4.11. The number of aliphatic hydroxyl groups is 1. The van der Waals surface area contributed by atoms with Gasteiger partial charge in [-0.2, -0.15) is 0 Å². The number of benzene rings is 1. The van der Waals surface area contributed by atoms with E-state index >= 15 is 0 Å². The lowest BCUT2D eigenvalue weighted by molar-refractivity contribution is 0.199. The molecule has 0 aromatic heterocycles. The maximum Gasteiger partial charge on any atom is 0.0587 e. The summed E-state index contributed by atoms with van der Waals surface area (Å²) in [5, 5.41) is 12.1. The third kappa shape index (κ3) is 8.59. The Balaban J connectivity index is 2.18. The Hall–Kier alpha value is -0.550. The van der Waals surface area contributed by atoms with E-state index in [0.717, 1.165) is 38.3 Å². The zero-order valence-corrected chi connectivity index (χ0v) is 13.3. The molecular weight excluding hydrogens is 270 g/mol. The monoisotopic (exact) mass is 297 g/mol. The van der Waals surface area contributed by atoms with E-state index in [-0.39, 0.29) is 0 Å². The molecular formula is C16H27NO2S. The first-order chi connectivity index (χ1) is 9.86. The molecule has 0 aliphatic heterocycles. The van der Waals surface area contributed by atoms with Gasteiger partial charge in [0.1, 0.15) is 0 Å². The molecule has 20 heavy (non-hydrogen) atoms. The SMILES string of the molecule is COCCNCc1cccc(SCCCCCCO)c1. The summed E-state index contributed by atoms with van der Waals surface area (Å²) < 4.78 is 5.01. The summed E-state index contributed by atoms with van der Waals surface area (Å²) in [6.07, 6.45) is 4.51. The average molecular weight is 297 g/mol. The molecule has 0 amide bonds. The predicted octanol–water partition coefficient (Wildman–Crippen LogP) is 3.07. The van der Waals surface area contributed by atoms with Crippen molar-refractivity contribution in [3.8, 4) is 0 Å². The summed E-state index contributed by atoms with van der Waals surface area (Å²) in [6.45, 7) is 2.86. The fourth-order valence-electron chi connectivity index (χ4n) is 1.91. The lowest BCUT2D eigenvalue weighted by Crippen LogP contribution is -2.18. The van der Waals surface area contributed by atoms with E-state index in [2.05, 4.69) is 29.6 Å². The number of aliphatic hydroxyl groups excluding tert-OH is 1. The van der Waals surface area contributed by atoms with E-state index in [1.165, 1.54) is 23.3 Å². The highest BCUT2D eigenvalue weighted by Crippen LogP contribution is 2.21. The van der Waals surface area contributed by atoms with Gasteiger partial charge in [0.2, 0.25) is 0 Å². The molecule has 2 N–H and O–H groups in total. The smallest absolute Gasteiger partial charge is 0.0587 e. The molecule has 114 valence electrons. The van der Waals surface area contributed by atoms with Crippen LogP contribution in [0.5, 0.6) is 0 Å². The zero-order chi connectivity index (χ0) is 14.5. The van der Waals surface area contributed by atoms with Crippen LogP contribution in [0.2, 0.25) is 0 Å². The topological polar surface area (TPSA) is 41.5 Å². The molecule has 0 atom stereocenters. The Morgan fingerprint density at radius 2 is 2.05 bits per heavy atom. The van der Waals surface area contributed by atoms with E-state index in [1.54, 1.807) is 7.11 Å². The van der Waals surface area contributed by atoms with Crippen molar-refractivity contribution in [2.75, 3.05) is 32.6 Å². The van der Waals surface area contributed by atoms with Crippen molar-refractivity contribution in [3.05, 3.63) is 29.8 Å². The zero-order valence-electron chi connectivity index (χ0n) is 12.4. The van der Waals surface area contributed by atoms with Gasteiger partial charge in [0, 0.05) is 31.7 Å². The van der Waals surface area contributed by atoms with Crippen LogP contribution in [0.3, 0.4) is 0 Å². The van der Waals surface area contributed by atoms with Gasteiger partial charge in [-0.3, -0.25) is 0 Å². The molecule has 0 heterocycles. The second-order valence-corrected chi connectivity index (χ2v) is 5.97. The minimum atomic E-state index is 0.325. The summed E-state index contributed by atoms with van der Waals surface area (Å²) in [6, 6.07) is 8.72. The first-order valence-corrected chi connectivity index (χ1v) is 8.37. The van der Waals surface area contributed by atoms with Gasteiger partial charge in [-0.25, -0.2) is 0 Å². The second kappa shape index (κ2) is 12.2. The summed E-state index contributed by atoms with van der Waals surface area (Å²) in [4.78, 5) is 1.35. The van der Waals surface area contributed by atoms with Gasteiger partial charge < -0.3 is 15.2 Å². The summed E-state index contributed by atoms with van der Waals surface area (Å²) >= 11 is 1.92. The first kappa shape index (κ1) is 17.5. The molecule has 0 bridgehead atoms. The summed E-state index contributed by atoms with van der Waals surface area (Å²) in [5.74, 6) is 1.16. The fourth-order valence-corrected chi connectivity index (χ4v) is 2.90. The van der Waals surface area contributed by atoms with Crippen LogP contribution in [0.15, 0.2) is 29.2 Å². The summed E-state index contributed by atoms with van der Waals surface area (Å²) in [7, 11) is 1.72. The molecule has 0 unspecified atom stereocenters. The standard InChI is InChI=1S/C16H27NO2S/c1-19-11-9-17-14-15-7-6-8-16(13-15)20-12-5-3-2-4-10-18/h6-8,13,17-18H,2-5,9-12,14H2,1H3. The number of nitrogens with one attached hydrogen (secondary N) is 1. The van der Waals surface area contributed by atoms with Gasteiger partial charge in [-0.1, -0.05) is 25.0 Å². The molecule has 1 rings (SSSR count). The number of hydrogen-bond acceptors (Lipinski definition) is 4. The lowest BCUT2D eigenvalue weighted by atomic mass is 10.2. The van der Waals surface area contributed by atoms with E-state index in [9.17, 15) is 0 Å². The fraction of sp³-hybridized carbons (Fsp3) is 0.625. The van der Waals surface area contributed by atoms with Crippen LogP contribution in [0, 0.1) is 0 Å². The minimum Gasteiger partial charge on any atom is -0.396 e. The molecule has 0 aliphatic carbocycles. The number of methoxy groups -OCH3 is 1. The van der Waals surface area contributed by atoms with Crippen molar-refractivity contribution >= 4 is 11.8 Å². The lowest BCUT2D eigenvalue weighted by Gasteiger charge is -2.07. The highest BCUT2D eigenvalue weighted by atomic mass is 32.2. The van der Waals surface area contributed by atoms with Crippen LogP contribution in [0.25, 0.3) is 0 Å². The minimum absolute atomic E-state index is 0.325. The number of ether oxygens (including phenoxy) is 1. The molecule has 0 radical (unpaired) electrons. The molecule has 0 spiro atoms. The van der Waals surface area contributed by atoms with Crippen LogP contribution >= 0.6 is 11.8 Å². The van der Waals surface area contributed by atoms with Crippen molar-refractivity contribution < 1.29 is 9.84 Å². The van der Waals surface area contributed by atoms with Crippen LogP contribution in [0.1, 0.15) is 31.2 Å². The maximum absolute atomic E-state index is 8.72. The second-order valence-electron chi connectivity index (χ2n) is 4.80. The highest BCUT2D eigenvalue weighted by Gasteiger charge is 1.98. The van der Waals surface area contributed by atoms with E-state index in [1.807, 2.05) is 11.8 Å². The molecule has 0 saturated heterocycles. The number of rotatable bonds is 12. The van der Waals surface area contributed by atoms with Gasteiger partial charge in [0.25, 0.3) is 0 Å². The first-order valence-electron chi connectivity index (χ1n) is 7.39. The molecule has 0 saturated carbocycles. The Bertz CT molecular complexity index is 347. The maximum atomic E-state index is 8.72. The summed E-state index contributed by atoms with van der Waals surface area (Å²) in [5.41, 5.74) is 1.33. The van der Waals surface area contributed by atoms with E-state index in [0.29, 0.717) is 6.61 Å². The molecule has 0 aliphatic rings. The number of hydrogen-bond donors (Lipinski definition) is 2. The average Bonchev–Trinajstić information content (AvgIpc) is 2.48. The van der Waals surface area contributed by atoms with E-state index in [4.69, 9.17) is 9.84 Å². The highest BCUT2D eigenvalue weighted by molar-refractivity contribution is 7.99. The van der Waals surface area contributed by atoms with Crippen LogP contribution in [-0.2, 0) is 11.3 Å². The number of thioether (sulfide) groups is 1. The predicted molar refractivity (Wildman–Crippen MR) is 86.3 cm³/mol. The van der Waals surface area contributed by atoms with Crippen LogP contribution in [-0.4, -0.2) is 37.7 Å². The van der Waals surface area contributed by atoms with Crippen molar-refractivity contribution in [3.63, 3.8) is 0 Å². The van der Waals surface area contributed by atoms with Crippen molar-refractivity contribution in [2.24, 2.45) is 0 Å². The van der Waals surface area contributed by atoms with E-state index < -0.39 is 0 Å². The van der Waals surface area contributed by atoms with Gasteiger partial charge in [0.05, 0.1) is 6.61 Å². The number of unbranched alkanes of at least 4 members (excludes halogenated alkanes) is 3. The molecule has 0 fully saturated rings. The van der Waals surface area contributed by atoms with Gasteiger partial charge in [0.15, 0.2) is 0 Å². The molecule has 1 aromatic rings. The Morgan fingerprint density at radius 3 is 2.85 bits per heavy atom. The van der Waals surface area contributed by atoms with Crippen molar-refractivity contribution in [2.45, 2.75) is 37.1 Å². The normalized spacial score (nSPS) is 10.9. The van der Waals surface area contributed by atoms with Gasteiger partial charge in [-0.05, 0) is 36.3 Å². The largest absolute Gasteiger partial charge is 0.396 e. The third-order valence-electron chi connectivity index (χ3n) is 3.03. The van der Waals surface area contributed by atoms with Crippen LogP contribution < -0.4 is 5.32 Å². The van der Waals surface area contributed by atoms with Crippen molar-refractivity contribution in [1.82, 2.24) is 5.32 Å². The van der Waals surface area contributed by atoms with Gasteiger partial charge >= 0.3 is 0 Å². The molecule has 3 nitrogen and oxygen atoms in total. The Kier molecular flexibility index (Phi) is 10.7. The quantitative estimate of drug-likeness (QED) is 0.459. The molecule has 4 heteroatoms.